The molecule has 2 aromatic heterocycles. The SMILES string of the molecule is Cn1cc(Cl)c(C(=O)/C=C/c2ccc(COc3ccc(C#N)cc3)o2)n1. The van der Waals surface area contributed by atoms with E-state index in [1.807, 2.05) is 6.07 Å². The van der Waals surface area contributed by atoms with E-state index in [-0.39, 0.29) is 18.1 Å². The van der Waals surface area contributed by atoms with Crippen LogP contribution in [0.4, 0.5) is 0 Å². The van der Waals surface area contributed by atoms with E-state index < -0.39 is 0 Å². The molecule has 0 bridgehead atoms. The van der Waals surface area contributed by atoms with Crippen LogP contribution in [-0.2, 0) is 13.7 Å². The molecular formula is C19H14ClN3O3. The van der Waals surface area contributed by atoms with Crippen molar-refractivity contribution >= 4 is 23.5 Å². The van der Waals surface area contributed by atoms with Crippen LogP contribution in [0.1, 0.15) is 27.6 Å². The third-order valence-electron chi connectivity index (χ3n) is 3.46. The smallest absolute Gasteiger partial charge is 0.207 e. The Kier molecular flexibility index (Phi) is 5.20. The molecule has 0 unspecified atom stereocenters. The number of benzene rings is 1. The topological polar surface area (TPSA) is 81.0 Å². The number of halogens is 1. The molecule has 130 valence electrons. The monoisotopic (exact) mass is 367 g/mol. The molecule has 0 saturated heterocycles. The number of ketones is 1. The number of hydrogen-bond donors (Lipinski definition) is 0. The quantitative estimate of drug-likeness (QED) is 0.485. The molecule has 1 aromatic carbocycles. The molecular weight excluding hydrogens is 354 g/mol. The normalized spacial score (nSPS) is 10.8. The average molecular weight is 368 g/mol. The molecule has 0 spiro atoms. The van der Waals surface area contributed by atoms with Gasteiger partial charge in [-0.05, 0) is 48.6 Å². The minimum Gasteiger partial charge on any atom is -0.486 e. The van der Waals surface area contributed by atoms with Gasteiger partial charge in [0.25, 0.3) is 0 Å². The van der Waals surface area contributed by atoms with Crippen LogP contribution in [-0.4, -0.2) is 15.6 Å². The van der Waals surface area contributed by atoms with Gasteiger partial charge < -0.3 is 9.15 Å². The highest BCUT2D eigenvalue weighted by atomic mass is 35.5. The van der Waals surface area contributed by atoms with Crippen LogP contribution in [0.3, 0.4) is 0 Å². The van der Waals surface area contributed by atoms with E-state index >= 15 is 0 Å². The molecule has 0 aliphatic rings. The number of carbonyl (C=O) groups excluding carboxylic acids is 1. The van der Waals surface area contributed by atoms with Crippen LogP contribution in [0.5, 0.6) is 5.75 Å². The third kappa shape index (κ3) is 4.21. The van der Waals surface area contributed by atoms with E-state index in [0.29, 0.717) is 27.9 Å². The predicted molar refractivity (Wildman–Crippen MR) is 95.8 cm³/mol. The Labute approximate surface area is 154 Å². The maximum atomic E-state index is 12.1. The average Bonchev–Trinajstić information content (AvgIpc) is 3.24. The van der Waals surface area contributed by atoms with Crippen LogP contribution in [0.15, 0.2) is 53.1 Å². The van der Waals surface area contributed by atoms with Gasteiger partial charge in [0.2, 0.25) is 5.78 Å². The first kappa shape index (κ1) is 17.5. The molecule has 0 fully saturated rings. The van der Waals surface area contributed by atoms with Gasteiger partial charge in [0.15, 0.2) is 5.69 Å². The lowest BCUT2D eigenvalue weighted by atomic mass is 10.2. The molecule has 0 N–H and O–H groups in total. The number of rotatable bonds is 6. The number of aromatic nitrogens is 2. The molecule has 7 heteroatoms. The van der Waals surface area contributed by atoms with Crippen molar-refractivity contribution in [3.63, 3.8) is 0 Å². The summed E-state index contributed by atoms with van der Waals surface area (Å²) in [5.41, 5.74) is 0.766. The molecule has 3 aromatic rings. The lowest BCUT2D eigenvalue weighted by Gasteiger charge is -2.03. The summed E-state index contributed by atoms with van der Waals surface area (Å²) in [7, 11) is 1.69. The van der Waals surface area contributed by atoms with Gasteiger partial charge in [-0.1, -0.05) is 11.6 Å². The maximum Gasteiger partial charge on any atom is 0.207 e. The van der Waals surface area contributed by atoms with Gasteiger partial charge in [0, 0.05) is 13.2 Å². The zero-order valence-corrected chi connectivity index (χ0v) is 14.6. The zero-order valence-electron chi connectivity index (χ0n) is 13.8. The number of carbonyl (C=O) groups is 1. The Bertz CT molecular complexity index is 994. The lowest BCUT2D eigenvalue weighted by molar-refractivity contribution is 0.104. The van der Waals surface area contributed by atoms with Gasteiger partial charge >= 0.3 is 0 Å². The lowest BCUT2D eigenvalue weighted by Crippen LogP contribution is -1.98. The van der Waals surface area contributed by atoms with Gasteiger partial charge in [-0.25, -0.2) is 0 Å². The maximum absolute atomic E-state index is 12.1. The van der Waals surface area contributed by atoms with E-state index in [0.717, 1.165) is 0 Å². The highest BCUT2D eigenvalue weighted by Crippen LogP contribution is 2.17. The number of nitrogens with zero attached hydrogens (tertiary/aromatic N) is 3. The Balaban J connectivity index is 1.59. The standard InChI is InChI=1S/C19H14ClN3O3/c1-23-11-17(20)19(22-23)18(24)9-8-15-6-7-16(26-15)12-25-14-4-2-13(10-21)3-5-14/h2-9,11H,12H2,1H3/b9-8+. The predicted octanol–water partition coefficient (Wildman–Crippen LogP) is 4.01. The van der Waals surface area contributed by atoms with Crippen LogP contribution >= 0.6 is 11.6 Å². The summed E-state index contributed by atoms with van der Waals surface area (Å²) in [5.74, 6) is 1.46. The molecule has 2 heterocycles. The van der Waals surface area contributed by atoms with Crippen LogP contribution in [0, 0.1) is 11.3 Å². The fraction of sp³-hybridized carbons (Fsp3) is 0.105. The molecule has 0 aliphatic carbocycles. The number of ether oxygens (including phenoxy) is 1. The van der Waals surface area contributed by atoms with Crippen molar-refractivity contribution in [2.75, 3.05) is 0 Å². The van der Waals surface area contributed by atoms with Gasteiger partial charge in [-0.2, -0.15) is 10.4 Å². The Morgan fingerprint density at radius 1 is 1.35 bits per heavy atom. The Morgan fingerprint density at radius 2 is 2.12 bits per heavy atom. The van der Waals surface area contributed by atoms with Crippen LogP contribution in [0.2, 0.25) is 5.02 Å². The van der Waals surface area contributed by atoms with Crippen molar-refractivity contribution in [3.8, 4) is 11.8 Å². The second kappa shape index (κ2) is 7.72. The zero-order chi connectivity index (χ0) is 18.5. The molecule has 0 aliphatic heterocycles. The number of nitriles is 1. The molecule has 26 heavy (non-hydrogen) atoms. The summed E-state index contributed by atoms with van der Waals surface area (Å²) in [6.07, 6.45) is 4.48. The molecule has 6 nitrogen and oxygen atoms in total. The van der Waals surface area contributed by atoms with E-state index in [1.165, 1.54) is 10.8 Å². The number of aryl methyl sites for hydroxylation is 1. The van der Waals surface area contributed by atoms with Crippen LogP contribution < -0.4 is 4.74 Å². The summed E-state index contributed by atoms with van der Waals surface area (Å²) < 4.78 is 12.7. The van der Waals surface area contributed by atoms with Gasteiger partial charge in [0.05, 0.1) is 16.7 Å². The number of allylic oxidation sites excluding steroid dienone is 1. The van der Waals surface area contributed by atoms with E-state index in [4.69, 9.17) is 26.0 Å². The minimum absolute atomic E-state index is 0.196. The molecule has 0 amide bonds. The van der Waals surface area contributed by atoms with Crippen molar-refractivity contribution in [3.05, 3.63) is 76.5 Å². The van der Waals surface area contributed by atoms with Crippen molar-refractivity contribution in [2.24, 2.45) is 7.05 Å². The Hall–Kier alpha value is -3.30. The van der Waals surface area contributed by atoms with Gasteiger partial charge in [-0.15, -0.1) is 0 Å². The molecule has 0 atom stereocenters. The van der Waals surface area contributed by atoms with Gasteiger partial charge in [0.1, 0.15) is 23.9 Å². The fourth-order valence-electron chi connectivity index (χ4n) is 2.21. The van der Waals surface area contributed by atoms with Crippen molar-refractivity contribution in [2.45, 2.75) is 6.61 Å². The summed E-state index contributed by atoms with van der Waals surface area (Å²) in [5, 5.41) is 13.1. The van der Waals surface area contributed by atoms with Crippen molar-refractivity contribution in [1.29, 1.82) is 5.26 Å². The Morgan fingerprint density at radius 3 is 2.77 bits per heavy atom. The van der Waals surface area contributed by atoms with E-state index in [2.05, 4.69) is 5.10 Å². The molecule has 0 saturated carbocycles. The first-order valence-electron chi connectivity index (χ1n) is 7.68. The first-order valence-corrected chi connectivity index (χ1v) is 8.06. The molecule has 3 rings (SSSR count). The van der Waals surface area contributed by atoms with Gasteiger partial charge in [-0.3, -0.25) is 9.48 Å². The minimum atomic E-state index is -0.303. The first-order chi connectivity index (χ1) is 12.5. The third-order valence-corrected chi connectivity index (χ3v) is 3.74. The van der Waals surface area contributed by atoms with E-state index in [9.17, 15) is 4.79 Å². The van der Waals surface area contributed by atoms with Crippen molar-refractivity contribution < 1.29 is 13.9 Å². The summed E-state index contributed by atoms with van der Waals surface area (Å²) in [6.45, 7) is 0.236. The summed E-state index contributed by atoms with van der Waals surface area (Å²) in [4.78, 5) is 12.1. The second-order valence-electron chi connectivity index (χ2n) is 5.43. The summed E-state index contributed by atoms with van der Waals surface area (Å²) >= 11 is 5.95. The molecule has 0 radical (unpaired) electrons. The highest BCUT2D eigenvalue weighted by molar-refractivity contribution is 6.34. The fourth-order valence-corrected chi connectivity index (χ4v) is 2.48. The number of furan rings is 1. The second-order valence-corrected chi connectivity index (χ2v) is 5.83. The van der Waals surface area contributed by atoms with Crippen molar-refractivity contribution in [1.82, 2.24) is 9.78 Å². The summed E-state index contributed by atoms with van der Waals surface area (Å²) in [6, 6.07) is 12.4. The highest BCUT2D eigenvalue weighted by Gasteiger charge is 2.12. The van der Waals surface area contributed by atoms with E-state index in [1.54, 1.807) is 55.7 Å². The van der Waals surface area contributed by atoms with Crippen LogP contribution in [0.25, 0.3) is 6.08 Å². The number of hydrogen-bond acceptors (Lipinski definition) is 5. The largest absolute Gasteiger partial charge is 0.486 e.